The number of benzene rings is 1. The lowest BCUT2D eigenvalue weighted by molar-refractivity contribution is -0.137. The van der Waals surface area contributed by atoms with E-state index in [1.54, 1.807) is 0 Å². The summed E-state index contributed by atoms with van der Waals surface area (Å²) in [6.45, 7) is -3.13. The molecule has 0 bridgehead atoms. The Kier molecular flexibility index (Phi) is 6.54. The lowest BCUT2D eigenvalue weighted by Gasteiger charge is -2.20. The molecule has 21 heavy (non-hydrogen) atoms. The van der Waals surface area contributed by atoms with E-state index in [2.05, 4.69) is 4.74 Å². The van der Waals surface area contributed by atoms with Crippen LogP contribution in [0.25, 0.3) is 0 Å². The molecule has 1 amide bonds. The zero-order chi connectivity index (χ0) is 15.8. The summed E-state index contributed by atoms with van der Waals surface area (Å²) in [6.07, 6.45) is 0. The van der Waals surface area contributed by atoms with Gasteiger partial charge in [0.05, 0.1) is 6.61 Å². The zero-order valence-electron chi connectivity index (χ0n) is 11.3. The van der Waals surface area contributed by atoms with Crippen LogP contribution in [0.2, 0.25) is 0 Å². The van der Waals surface area contributed by atoms with Crippen molar-refractivity contribution in [1.82, 2.24) is 4.90 Å². The molecule has 0 saturated heterocycles. The SMILES string of the molecule is COCCN(CC(=O)O)C(=O)c1ccc(OC(F)F)cc1. The summed E-state index contributed by atoms with van der Waals surface area (Å²) in [5.74, 6) is -1.77. The maximum atomic E-state index is 12.1. The summed E-state index contributed by atoms with van der Waals surface area (Å²) < 4.78 is 33.0. The summed E-state index contributed by atoms with van der Waals surface area (Å²) in [7, 11) is 1.43. The predicted molar refractivity (Wildman–Crippen MR) is 68.5 cm³/mol. The summed E-state index contributed by atoms with van der Waals surface area (Å²) in [4.78, 5) is 24.0. The van der Waals surface area contributed by atoms with Crippen molar-refractivity contribution in [2.75, 3.05) is 26.8 Å². The smallest absolute Gasteiger partial charge is 0.387 e. The highest BCUT2D eigenvalue weighted by atomic mass is 19.3. The molecule has 0 saturated carbocycles. The van der Waals surface area contributed by atoms with Crippen LogP contribution in [-0.2, 0) is 9.53 Å². The van der Waals surface area contributed by atoms with Gasteiger partial charge in [0, 0.05) is 19.2 Å². The second kappa shape index (κ2) is 8.15. The molecule has 0 aromatic heterocycles. The normalized spacial score (nSPS) is 10.5. The van der Waals surface area contributed by atoms with Crippen LogP contribution in [-0.4, -0.2) is 55.3 Å². The Balaban J connectivity index is 2.79. The number of carboxylic acids is 1. The lowest BCUT2D eigenvalue weighted by atomic mass is 10.2. The second-order valence-electron chi connectivity index (χ2n) is 4.02. The number of ether oxygens (including phenoxy) is 2. The number of halogens is 2. The number of aliphatic carboxylic acids is 1. The molecule has 0 aliphatic carbocycles. The first-order chi connectivity index (χ1) is 9.93. The number of hydrogen-bond donors (Lipinski definition) is 1. The first kappa shape index (κ1) is 16.8. The topological polar surface area (TPSA) is 76.1 Å². The van der Waals surface area contributed by atoms with Crippen molar-refractivity contribution < 1.29 is 33.0 Å². The van der Waals surface area contributed by atoms with Gasteiger partial charge < -0.3 is 19.5 Å². The number of nitrogens with zero attached hydrogens (tertiary/aromatic N) is 1. The van der Waals surface area contributed by atoms with E-state index in [0.29, 0.717) is 0 Å². The second-order valence-corrected chi connectivity index (χ2v) is 4.02. The highest BCUT2D eigenvalue weighted by Crippen LogP contribution is 2.16. The van der Waals surface area contributed by atoms with Gasteiger partial charge in [-0.25, -0.2) is 0 Å². The van der Waals surface area contributed by atoms with Gasteiger partial charge in [-0.2, -0.15) is 8.78 Å². The Morgan fingerprint density at radius 2 is 1.90 bits per heavy atom. The standard InChI is InChI=1S/C13H15F2NO5/c1-20-7-6-16(8-11(17)18)12(19)9-2-4-10(5-3-9)21-13(14)15/h2-5,13H,6-8H2,1H3,(H,17,18). The first-order valence-electron chi connectivity index (χ1n) is 5.99. The van der Waals surface area contributed by atoms with E-state index < -0.39 is 25.0 Å². The lowest BCUT2D eigenvalue weighted by Crippen LogP contribution is -2.37. The van der Waals surface area contributed by atoms with Crippen molar-refractivity contribution in [2.24, 2.45) is 0 Å². The molecule has 1 aromatic rings. The van der Waals surface area contributed by atoms with Crippen LogP contribution >= 0.6 is 0 Å². The van der Waals surface area contributed by atoms with Crippen LogP contribution in [0.1, 0.15) is 10.4 Å². The number of hydrogen-bond acceptors (Lipinski definition) is 4. The predicted octanol–water partition coefficient (Wildman–Crippen LogP) is 1.46. The molecule has 0 fully saturated rings. The Morgan fingerprint density at radius 1 is 1.29 bits per heavy atom. The number of amides is 1. The van der Waals surface area contributed by atoms with Gasteiger partial charge in [-0.1, -0.05) is 0 Å². The Hall–Kier alpha value is -2.22. The minimum Gasteiger partial charge on any atom is -0.480 e. The number of alkyl halides is 2. The molecule has 0 unspecified atom stereocenters. The van der Waals surface area contributed by atoms with Gasteiger partial charge in [0.2, 0.25) is 0 Å². The van der Waals surface area contributed by atoms with Crippen molar-refractivity contribution >= 4 is 11.9 Å². The quantitative estimate of drug-likeness (QED) is 0.787. The first-order valence-corrected chi connectivity index (χ1v) is 5.99. The molecule has 8 heteroatoms. The fourth-order valence-corrected chi connectivity index (χ4v) is 1.58. The summed E-state index contributed by atoms with van der Waals surface area (Å²) in [5.41, 5.74) is 0.175. The Bertz CT molecular complexity index is 478. The van der Waals surface area contributed by atoms with E-state index in [1.807, 2.05) is 0 Å². The molecular weight excluding hydrogens is 288 g/mol. The minimum atomic E-state index is -2.95. The average Bonchev–Trinajstić information content (AvgIpc) is 2.42. The molecule has 0 radical (unpaired) electrons. The van der Waals surface area contributed by atoms with Crippen molar-refractivity contribution in [2.45, 2.75) is 6.61 Å². The van der Waals surface area contributed by atoms with Crippen LogP contribution in [0.3, 0.4) is 0 Å². The number of carbonyl (C=O) groups excluding carboxylic acids is 1. The van der Waals surface area contributed by atoms with Crippen LogP contribution in [0.4, 0.5) is 8.78 Å². The molecule has 0 aliphatic rings. The molecule has 1 aromatic carbocycles. The van der Waals surface area contributed by atoms with Gasteiger partial charge in [0.1, 0.15) is 12.3 Å². The van der Waals surface area contributed by atoms with Crippen LogP contribution < -0.4 is 4.74 Å². The van der Waals surface area contributed by atoms with E-state index in [1.165, 1.54) is 31.4 Å². The van der Waals surface area contributed by atoms with Crippen LogP contribution in [0.5, 0.6) is 5.75 Å². The van der Waals surface area contributed by atoms with Gasteiger partial charge in [-0.15, -0.1) is 0 Å². The van der Waals surface area contributed by atoms with Gasteiger partial charge in [-0.05, 0) is 24.3 Å². The number of rotatable bonds is 8. The maximum Gasteiger partial charge on any atom is 0.387 e. The largest absolute Gasteiger partial charge is 0.480 e. The monoisotopic (exact) mass is 303 g/mol. The highest BCUT2D eigenvalue weighted by molar-refractivity contribution is 5.95. The summed E-state index contributed by atoms with van der Waals surface area (Å²) in [5, 5.41) is 8.78. The van der Waals surface area contributed by atoms with E-state index in [0.717, 1.165) is 4.90 Å². The number of carbonyl (C=O) groups is 2. The average molecular weight is 303 g/mol. The molecule has 6 nitrogen and oxygen atoms in total. The Labute approximate surface area is 119 Å². The van der Waals surface area contributed by atoms with Crippen LogP contribution in [0, 0.1) is 0 Å². The third kappa shape index (κ3) is 5.74. The third-order valence-electron chi connectivity index (χ3n) is 2.51. The van der Waals surface area contributed by atoms with Crippen molar-refractivity contribution in [3.8, 4) is 5.75 Å². The van der Waals surface area contributed by atoms with Gasteiger partial charge in [0.25, 0.3) is 5.91 Å². The molecule has 116 valence electrons. The molecule has 0 atom stereocenters. The van der Waals surface area contributed by atoms with Gasteiger partial charge in [0.15, 0.2) is 0 Å². The van der Waals surface area contributed by atoms with E-state index in [-0.39, 0.29) is 24.5 Å². The number of carboxylic acid groups (broad SMARTS) is 1. The van der Waals surface area contributed by atoms with E-state index in [4.69, 9.17) is 9.84 Å². The molecule has 0 aliphatic heterocycles. The zero-order valence-corrected chi connectivity index (χ0v) is 11.3. The van der Waals surface area contributed by atoms with Crippen LogP contribution in [0.15, 0.2) is 24.3 Å². The minimum absolute atomic E-state index is 0.0803. The molecule has 0 heterocycles. The van der Waals surface area contributed by atoms with Crippen molar-refractivity contribution in [3.63, 3.8) is 0 Å². The molecule has 1 rings (SSSR count). The van der Waals surface area contributed by atoms with Crippen molar-refractivity contribution in [1.29, 1.82) is 0 Å². The van der Waals surface area contributed by atoms with Crippen molar-refractivity contribution in [3.05, 3.63) is 29.8 Å². The Morgan fingerprint density at radius 3 is 2.38 bits per heavy atom. The fourth-order valence-electron chi connectivity index (χ4n) is 1.58. The molecule has 1 N–H and O–H groups in total. The van der Waals surface area contributed by atoms with E-state index in [9.17, 15) is 18.4 Å². The summed E-state index contributed by atoms with van der Waals surface area (Å²) >= 11 is 0. The van der Waals surface area contributed by atoms with E-state index >= 15 is 0 Å². The summed E-state index contributed by atoms with van der Waals surface area (Å²) in [6, 6.07) is 5.02. The maximum absolute atomic E-state index is 12.1. The van der Waals surface area contributed by atoms with Gasteiger partial charge in [-0.3, -0.25) is 9.59 Å². The molecular formula is C13H15F2NO5. The fraction of sp³-hybridized carbons (Fsp3) is 0.385. The third-order valence-corrected chi connectivity index (χ3v) is 2.51. The molecule has 0 spiro atoms. The van der Waals surface area contributed by atoms with Gasteiger partial charge >= 0.3 is 12.6 Å². The highest BCUT2D eigenvalue weighted by Gasteiger charge is 2.18. The number of methoxy groups -OCH3 is 1.